The average molecular weight is 375 g/mol. The van der Waals surface area contributed by atoms with E-state index in [4.69, 9.17) is 4.74 Å². The summed E-state index contributed by atoms with van der Waals surface area (Å²) >= 11 is 0. The molecule has 1 aromatic heterocycles. The molecule has 8 heteroatoms. The Morgan fingerprint density at radius 3 is 2.58 bits per heavy atom. The number of nitrogens with one attached hydrogen (secondary N) is 1. The maximum Gasteiger partial charge on any atom is 0.263 e. The number of likely N-dealkylation sites (tertiary alicyclic amines) is 1. The molecule has 26 heavy (non-hydrogen) atoms. The van der Waals surface area contributed by atoms with E-state index in [0.717, 1.165) is 19.3 Å². The molecule has 2 heterocycles. The van der Waals surface area contributed by atoms with Crippen LogP contribution < -0.4 is 9.46 Å². The third-order valence-corrected chi connectivity index (χ3v) is 5.61. The van der Waals surface area contributed by atoms with Gasteiger partial charge in [-0.25, -0.2) is 13.4 Å². The molecule has 1 aromatic carbocycles. The number of benzene rings is 1. The topological polar surface area (TPSA) is 88.6 Å². The molecule has 0 unspecified atom stereocenters. The highest BCUT2D eigenvalue weighted by Gasteiger charge is 2.24. The second-order valence-corrected chi connectivity index (χ2v) is 7.72. The van der Waals surface area contributed by atoms with E-state index in [1.165, 1.54) is 31.5 Å². The van der Waals surface area contributed by atoms with Crippen LogP contribution in [0, 0.1) is 0 Å². The van der Waals surface area contributed by atoms with Crippen LogP contribution in [0.3, 0.4) is 0 Å². The van der Waals surface area contributed by atoms with E-state index in [0.29, 0.717) is 18.8 Å². The zero-order valence-electron chi connectivity index (χ0n) is 14.5. The van der Waals surface area contributed by atoms with E-state index >= 15 is 0 Å². The number of pyridine rings is 1. The molecular formula is C18H21N3O4S. The van der Waals surface area contributed by atoms with Gasteiger partial charge < -0.3 is 9.64 Å². The summed E-state index contributed by atoms with van der Waals surface area (Å²) in [6, 6.07) is 9.22. The predicted octanol–water partition coefficient (Wildman–Crippen LogP) is 2.52. The van der Waals surface area contributed by atoms with Crippen molar-refractivity contribution < 1.29 is 17.9 Å². The summed E-state index contributed by atoms with van der Waals surface area (Å²) in [7, 11) is -2.40. The van der Waals surface area contributed by atoms with Crippen molar-refractivity contribution in [3.05, 3.63) is 48.2 Å². The molecule has 1 N–H and O–H groups in total. The standard InChI is InChI=1S/C18H21N3O4S/c1-25-16-9-8-14(26(23,24)20-17-7-3-4-10-19-17)13-15(16)18(22)21-11-5-2-6-12-21/h3-4,7-10,13H,2,5-6,11-12H2,1H3,(H,19,20). The Morgan fingerprint density at radius 2 is 1.92 bits per heavy atom. The number of carbonyl (C=O) groups is 1. The van der Waals surface area contributed by atoms with Gasteiger partial charge in [0.05, 0.1) is 17.6 Å². The average Bonchev–Trinajstić information content (AvgIpc) is 2.68. The summed E-state index contributed by atoms with van der Waals surface area (Å²) in [6.07, 6.45) is 4.50. The van der Waals surface area contributed by atoms with Crippen molar-refractivity contribution in [2.75, 3.05) is 24.9 Å². The van der Waals surface area contributed by atoms with Gasteiger partial charge in [0.15, 0.2) is 0 Å². The minimum atomic E-state index is -3.86. The van der Waals surface area contributed by atoms with Crippen molar-refractivity contribution >= 4 is 21.7 Å². The number of methoxy groups -OCH3 is 1. The van der Waals surface area contributed by atoms with Crippen LogP contribution in [0.15, 0.2) is 47.5 Å². The van der Waals surface area contributed by atoms with E-state index in [1.807, 2.05) is 0 Å². The van der Waals surface area contributed by atoms with Gasteiger partial charge in [-0.3, -0.25) is 9.52 Å². The van der Waals surface area contributed by atoms with Crippen LogP contribution in [0.25, 0.3) is 0 Å². The Hall–Kier alpha value is -2.61. The number of amides is 1. The van der Waals surface area contributed by atoms with Crippen molar-refractivity contribution in [2.45, 2.75) is 24.2 Å². The number of carbonyl (C=O) groups excluding carboxylic acids is 1. The van der Waals surface area contributed by atoms with Crippen molar-refractivity contribution in [2.24, 2.45) is 0 Å². The first-order valence-electron chi connectivity index (χ1n) is 8.42. The fraction of sp³-hybridized carbons (Fsp3) is 0.333. The summed E-state index contributed by atoms with van der Waals surface area (Å²) in [6.45, 7) is 1.34. The molecule has 0 spiro atoms. The molecule has 1 aliphatic rings. The maximum atomic E-state index is 12.8. The highest BCUT2D eigenvalue weighted by molar-refractivity contribution is 7.92. The molecule has 138 valence electrons. The van der Waals surface area contributed by atoms with E-state index < -0.39 is 10.0 Å². The normalized spacial score (nSPS) is 14.7. The molecule has 1 aliphatic heterocycles. The number of ether oxygens (including phenoxy) is 1. The molecule has 0 saturated carbocycles. The lowest BCUT2D eigenvalue weighted by molar-refractivity contribution is 0.0720. The van der Waals surface area contributed by atoms with Crippen LogP contribution in [0.1, 0.15) is 29.6 Å². The van der Waals surface area contributed by atoms with Crippen molar-refractivity contribution in [1.29, 1.82) is 0 Å². The first kappa shape index (κ1) is 18.2. The number of nitrogens with zero attached hydrogens (tertiary/aromatic N) is 2. The van der Waals surface area contributed by atoms with Crippen LogP contribution >= 0.6 is 0 Å². The smallest absolute Gasteiger partial charge is 0.263 e. The Bertz CT molecular complexity index is 879. The third kappa shape index (κ3) is 3.96. The van der Waals surface area contributed by atoms with Gasteiger partial charge in [0.1, 0.15) is 11.6 Å². The monoisotopic (exact) mass is 375 g/mol. The molecular weight excluding hydrogens is 354 g/mol. The quantitative estimate of drug-likeness (QED) is 0.867. The van der Waals surface area contributed by atoms with Crippen LogP contribution in [0.5, 0.6) is 5.75 Å². The zero-order chi connectivity index (χ0) is 18.6. The first-order valence-corrected chi connectivity index (χ1v) is 9.91. The number of rotatable bonds is 5. The van der Waals surface area contributed by atoms with Crippen LogP contribution in [0.4, 0.5) is 5.82 Å². The Kier molecular flexibility index (Phi) is 5.41. The zero-order valence-corrected chi connectivity index (χ0v) is 15.3. The number of hydrogen-bond donors (Lipinski definition) is 1. The van der Waals surface area contributed by atoms with Gasteiger partial charge in [0.25, 0.3) is 15.9 Å². The Labute approximate surface area is 153 Å². The second kappa shape index (κ2) is 7.74. The number of anilines is 1. The number of piperidine rings is 1. The SMILES string of the molecule is COc1ccc(S(=O)(=O)Nc2ccccn2)cc1C(=O)N1CCCCC1. The lowest BCUT2D eigenvalue weighted by Gasteiger charge is -2.27. The molecule has 7 nitrogen and oxygen atoms in total. The van der Waals surface area contributed by atoms with Crippen LogP contribution in [-0.2, 0) is 10.0 Å². The molecule has 1 fully saturated rings. The van der Waals surface area contributed by atoms with E-state index in [-0.39, 0.29) is 22.2 Å². The minimum absolute atomic E-state index is 0.00990. The first-order chi connectivity index (χ1) is 12.5. The molecule has 0 bridgehead atoms. The summed E-state index contributed by atoms with van der Waals surface area (Å²) in [5, 5.41) is 0. The predicted molar refractivity (Wildman–Crippen MR) is 97.8 cm³/mol. The summed E-state index contributed by atoms with van der Waals surface area (Å²) in [5.41, 5.74) is 0.248. The largest absolute Gasteiger partial charge is 0.496 e. The molecule has 0 atom stereocenters. The molecule has 2 aromatic rings. The lowest BCUT2D eigenvalue weighted by Crippen LogP contribution is -2.35. The summed E-state index contributed by atoms with van der Waals surface area (Å²) in [4.78, 5) is 18.5. The summed E-state index contributed by atoms with van der Waals surface area (Å²) < 4.78 is 33.0. The molecule has 1 amide bonds. The fourth-order valence-corrected chi connectivity index (χ4v) is 3.94. The maximum absolute atomic E-state index is 12.8. The van der Waals surface area contributed by atoms with Crippen molar-refractivity contribution in [1.82, 2.24) is 9.88 Å². The lowest BCUT2D eigenvalue weighted by atomic mass is 10.1. The van der Waals surface area contributed by atoms with Crippen LogP contribution in [0.2, 0.25) is 0 Å². The second-order valence-electron chi connectivity index (χ2n) is 6.04. The molecule has 3 rings (SSSR count). The number of sulfonamides is 1. The van der Waals surface area contributed by atoms with Crippen molar-refractivity contribution in [3.63, 3.8) is 0 Å². The highest BCUT2D eigenvalue weighted by Crippen LogP contribution is 2.26. The van der Waals surface area contributed by atoms with Gasteiger partial charge >= 0.3 is 0 Å². The Morgan fingerprint density at radius 1 is 1.15 bits per heavy atom. The van der Waals surface area contributed by atoms with Gasteiger partial charge in [-0.05, 0) is 49.6 Å². The van der Waals surface area contributed by atoms with E-state index in [2.05, 4.69) is 9.71 Å². The van der Waals surface area contributed by atoms with Gasteiger partial charge in [-0.15, -0.1) is 0 Å². The molecule has 0 aliphatic carbocycles. The Balaban J connectivity index is 1.92. The van der Waals surface area contributed by atoms with Gasteiger partial charge in [-0.2, -0.15) is 0 Å². The fourth-order valence-electron chi connectivity index (χ4n) is 2.91. The van der Waals surface area contributed by atoms with Gasteiger partial charge in [0.2, 0.25) is 0 Å². The molecule has 1 saturated heterocycles. The van der Waals surface area contributed by atoms with Gasteiger partial charge in [0, 0.05) is 19.3 Å². The van der Waals surface area contributed by atoms with E-state index in [9.17, 15) is 13.2 Å². The number of aromatic nitrogens is 1. The van der Waals surface area contributed by atoms with Crippen molar-refractivity contribution in [3.8, 4) is 5.75 Å². The van der Waals surface area contributed by atoms with E-state index in [1.54, 1.807) is 23.1 Å². The third-order valence-electron chi connectivity index (χ3n) is 4.26. The minimum Gasteiger partial charge on any atom is -0.496 e. The van der Waals surface area contributed by atoms with Crippen LogP contribution in [-0.4, -0.2) is 44.4 Å². The summed E-state index contributed by atoms with van der Waals surface area (Å²) in [5.74, 6) is 0.362. The highest BCUT2D eigenvalue weighted by atomic mass is 32.2. The number of hydrogen-bond acceptors (Lipinski definition) is 5. The van der Waals surface area contributed by atoms with Gasteiger partial charge in [-0.1, -0.05) is 6.07 Å². The molecule has 0 radical (unpaired) electrons.